The summed E-state index contributed by atoms with van der Waals surface area (Å²) < 4.78 is 28.4. The number of phosphoric ester groups is 1. The summed E-state index contributed by atoms with van der Waals surface area (Å²) in [6.07, 6.45) is 14.6. The van der Waals surface area contributed by atoms with Crippen LogP contribution in [0, 0.1) is 0 Å². The molecular weight excluding hydrogens is 575 g/mol. The summed E-state index contributed by atoms with van der Waals surface area (Å²) in [5, 5.41) is 5.36. The number of carbonyl (C=O) groups is 3. The molecule has 0 aromatic carbocycles. The number of quaternary nitrogens is 1. The Morgan fingerprint density at radius 3 is 1.88 bits per heavy atom. The number of nitrogens with two attached hydrogens (primary N) is 1. The van der Waals surface area contributed by atoms with Crippen molar-refractivity contribution in [1.82, 2.24) is 10.6 Å². The zero-order valence-electron chi connectivity index (χ0n) is 27.4. The molecule has 0 fully saturated rings. The highest BCUT2D eigenvalue weighted by atomic mass is 31.2. The fourth-order valence-electron chi connectivity index (χ4n) is 4.16. The number of rotatable bonds is 29. The van der Waals surface area contributed by atoms with Gasteiger partial charge in [-0.2, -0.15) is 0 Å². The van der Waals surface area contributed by atoms with Crippen molar-refractivity contribution in [2.45, 2.75) is 116 Å². The molecule has 0 rings (SSSR count). The Balaban J connectivity index is 4.56. The van der Waals surface area contributed by atoms with Crippen LogP contribution in [0.25, 0.3) is 0 Å². The smallest absolute Gasteiger partial charge is 0.464 e. The third-order valence-electron chi connectivity index (χ3n) is 6.81. The molecule has 0 saturated carbocycles. The molecule has 0 aliphatic carbocycles. The largest absolute Gasteiger partial charge is 0.472 e. The maximum absolute atomic E-state index is 12.8. The van der Waals surface area contributed by atoms with Crippen molar-refractivity contribution in [1.29, 1.82) is 0 Å². The Labute approximate surface area is 260 Å². The lowest BCUT2D eigenvalue weighted by Gasteiger charge is -2.24. The molecule has 0 aromatic rings. The fraction of sp³-hybridized carbons (Fsp3) is 0.900. The van der Waals surface area contributed by atoms with Crippen LogP contribution in [0.5, 0.6) is 0 Å². The van der Waals surface area contributed by atoms with Crippen LogP contribution in [0.4, 0.5) is 0 Å². The second-order valence-electron chi connectivity index (χ2n) is 12.1. The standard InChI is InChI=1S/C30H61N4O8P/c1-5-6-7-8-9-12-15-18-24-40-30(37)27(26-42-43(38,39)41-25-23-34(2,3)4)33-29(36)20-17-14-11-10-13-16-19-28(35)32-22-21-31/h27H,5-26,31H2,1-4H3,(H2-,32,33,35,36,38,39)/p+1. The summed E-state index contributed by atoms with van der Waals surface area (Å²) in [5.41, 5.74) is 5.37. The molecule has 0 bridgehead atoms. The van der Waals surface area contributed by atoms with E-state index < -0.39 is 26.4 Å². The van der Waals surface area contributed by atoms with E-state index in [0.29, 0.717) is 43.4 Å². The van der Waals surface area contributed by atoms with E-state index in [2.05, 4.69) is 17.6 Å². The molecule has 0 radical (unpaired) electrons. The molecule has 0 aromatic heterocycles. The lowest BCUT2D eigenvalue weighted by molar-refractivity contribution is -0.870. The first-order valence-electron chi connectivity index (χ1n) is 16.2. The van der Waals surface area contributed by atoms with Crippen LogP contribution < -0.4 is 16.4 Å². The van der Waals surface area contributed by atoms with Crippen LogP contribution in [-0.4, -0.2) is 93.8 Å². The number of hydrogen-bond donors (Lipinski definition) is 4. The first kappa shape index (κ1) is 41.4. The summed E-state index contributed by atoms with van der Waals surface area (Å²) >= 11 is 0. The fourth-order valence-corrected chi connectivity index (χ4v) is 4.88. The number of unbranched alkanes of at least 4 members (excludes halogenated alkanes) is 12. The summed E-state index contributed by atoms with van der Waals surface area (Å²) in [4.78, 5) is 47.0. The first-order valence-corrected chi connectivity index (χ1v) is 17.7. The average Bonchev–Trinajstić information content (AvgIpc) is 2.93. The van der Waals surface area contributed by atoms with Crippen molar-refractivity contribution in [3.05, 3.63) is 0 Å². The van der Waals surface area contributed by atoms with E-state index >= 15 is 0 Å². The number of nitrogens with one attached hydrogen (secondary N) is 2. The van der Waals surface area contributed by atoms with Crippen LogP contribution in [0.3, 0.4) is 0 Å². The van der Waals surface area contributed by atoms with Crippen molar-refractivity contribution < 1.29 is 42.1 Å². The molecule has 0 heterocycles. The van der Waals surface area contributed by atoms with Crippen molar-refractivity contribution in [3.8, 4) is 0 Å². The summed E-state index contributed by atoms with van der Waals surface area (Å²) in [7, 11) is 1.35. The molecule has 0 spiro atoms. The molecule has 2 amide bonds. The van der Waals surface area contributed by atoms with Crippen molar-refractivity contribution in [2.24, 2.45) is 5.73 Å². The van der Waals surface area contributed by atoms with E-state index in [4.69, 9.17) is 19.5 Å². The van der Waals surface area contributed by atoms with Gasteiger partial charge < -0.3 is 30.5 Å². The minimum atomic E-state index is -4.42. The third-order valence-corrected chi connectivity index (χ3v) is 7.79. The zero-order valence-corrected chi connectivity index (χ0v) is 28.3. The predicted molar refractivity (Wildman–Crippen MR) is 169 cm³/mol. The molecule has 13 heteroatoms. The maximum Gasteiger partial charge on any atom is 0.472 e. The zero-order chi connectivity index (χ0) is 32.4. The lowest BCUT2D eigenvalue weighted by Crippen LogP contribution is -2.45. The quantitative estimate of drug-likeness (QED) is 0.0407. The molecule has 2 atom stereocenters. The highest BCUT2D eigenvalue weighted by molar-refractivity contribution is 7.47. The van der Waals surface area contributed by atoms with Crippen LogP contribution >= 0.6 is 7.82 Å². The number of nitrogens with zero attached hydrogens (tertiary/aromatic N) is 1. The number of carbonyl (C=O) groups excluding carboxylic acids is 3. The SMILES string of the molecule is CCCCCCCCCCOC(=O)C(COP(=O)(O)OCC[N+](C)(C)C)NC(=O)CCCCCCCCC(=O)NCCN. The summed E-state index contributed by atoms with van der Waals surface area (Å²) in [5.74, 6) is -1.03. The van der Waals surface area contributed by atoms with Crippen molar-refractivity contribution in [3.63, 3.8) is 0 Å². The second-order valence-corrected chi connectivity index (χ2v) is 13.6. The van der Waals surface area contributed by atoms with Gasteiger partial charge in [-0.05, 0) is 19.3 Å². The highest BCUT2D eigenvalue weighted by Crippen LogP contribution is 2.43. The van der Waals surface area contributed by atoms with Crippen LogP contribution in [-0.2, 0) is 32.7 Å². The molecule has 254 valence electrons. The van der Waals surface area contributed by atoms with Gasteiger partial charge in [0.1, 0.15) is 13.2 Å². The minimum Gasteiger partial charge on any atom is -0.464 e. The van der Waals surface area contributed by atoms with Gasteiger partial charge in [0, 0.05) is 25.9 Å². The Kier molecular flexibility index (Phi) is 24.8. The van der Waals surface area contributed by atoms with E-state index in [9.17, 15) is 23.8 Å². The Morgan fingerprint density at radius 2 is 1.33 bits per heavy atom. The number of ether oxygens (including phenoxy) is 1. The van der Waals surface area contributed by atoms with Gasteiger partial charge in [0.2, 0.25) is 11.8 Å². The monoisotopic (exact) mass is 637 g/mol. The van der Waals surface area contributed by atoms with Crippen LogP contribution in [0.15, 0.2) is 0 Å². The molecule has 43 heavy (non-hydrogen) atoms. The maximum atomic E-state index is 12.8. The Bertz CT molecular complexity index is 795. The molecule has 0 saturated heterocycles. The number of likely N-dealkylation sites (N-methyl/N-ethyl adjacent to an activating group) is 1. The highest BCUT2D eigenvalue weighted by Gasteiger charge is 2.29. The molecule has 0 aliphatic rings. The normalized spacial score (nSPS) is 13.7. The number of esters is 1. The minimum absolute atomic E-state index is 0.00131. The van der Waals surface area contributed by atoms with E-state index in [1.165, 1.54) is 25.7 Å². The van der Waals surface area contributed by atoms with Gasteiger partial charge in [-0.25, -0.2) is 9.36 Å². The van der Waals surface area contributed by atoms with Crippen molar-refractivity contribution in [2.75, 3.05) is 60.6 Å². The van der Waals surface area contributed by atoms with Gasteiger partial charge in [0.15, 0.2) is 6.04 Å². The van der Waals surface area contributed by atoms with Gasteiger partial charge in [-0.15, -0.1) is 0 Å². The number of hydrogen-bond acceptors (Lipinski definition) is 8. The third kappa shape index (κ3) is 27.7. The molecule has 0 aliphatic heterocycles. The number of phosphoric acid groups is 1. The molecule has 12 nitrogen and oxygen atoms in total. The van der Waals surface area contributed by atoms with Gasteiger partial charge in [-0.3, -0.25) is 18.6 Å². The van der Waals surface area contributed by atoms with Gasteiger partial charge in [0.25, 0.3) is 0 Å². The van der Waals surface area contributed by atoms with Gasteiger partial charge >= 0.3 is 13.8 Å². The van der Waals surface area contributed by atoms with E-state index in [1.54, 1.807) is 0 Å². The number of amides is 2. The molecule has 2 unspecified atom stereocenters. The van der Waals surface area contributed by atoms with E-state index in [-0.39, 0.29) is 31.4 Å². The first-order chi connectivity index (χ1) is 20.4. The summed E-state index contributed by atoms with van der Waals surface area (Å²) in [6, 6.07) is -1.21. The molecular formula is C30H62N4O8P+. The topological polar surface area (TPSA) is 166 Å². The van der Waals surface area contributed by atoms with E-state index in [0.717, 1.165) is 51.4 Å². The predicted octanol–water partition coefficient (Wildman–Crippen LogP) is 4.19. The van der Waals surface area contributed by atoms with Crippen LogP contribution in [0.1, 0.15) is 110 Å². The van der Waals surface area contributed by atoms with E-state index in [1.807, 2.05) is 21.1 Å². The Morgan fingerprint density at radius 1 is 0.791 bits per heavy atom. The van der Waals surface area contributed by atoms with Gasteiger partial charge in [-0.1, -0.05) is 77.6 Å². The van der Waals surface area contributed by atoms with Crippen LogP contribution in [0.2, 0.25) is 0 Å². The summed E-state index contributed by atoms with van der Waals surface area (Å²) in [6.45, 7) is 3.28. The van der Waals surface area contributed by atoms with Gasteiger partial charge in [0.05, 0.1) is 34.4 Å². The Hall–Kier alpha value is -1.56. The second kappa shape index (κ2) is 25.7. The molecule has 5 N–H and O–H groups in total. The van der Waals surface area contributed by atoms with Crippen molar-refractivity contribution >= 4 is 25.6 Å². The lowest BCUT2D eigenvalue weighted by atomic mass is 10.1. The average molecular weight is 638 g/mol.